The molecule has 6 nitrogen and oxygen atoms in total. The molecule has 0 spiro atoms. The summed E-state index contributed by atoms with van der Waals surface area (Å²) in [7, 11) is 0. The zero-order valence-electron chi connectivity index (χ0n) is 21.3. The van der Waals surface area contributed by atoms with Crippen LogP contribution >= 0.6 is 0 Å². The van der Waals surface area contributed by atoms with Crippen molar-refractivity contribution < 1.29 is 9.90 Å². The van der Waals surface area contributed by atoms with Crippen LogP contribution < -0.4 is 11.1 Å². The van der Waals surface area contributed by atoms with Gasteiger partial charge in [0.25, 0.3) is 5.91 Å². The second-order valence-electron chi connectivity index (χ2n) is 10.2. The number of fused-ring (bicyclic) bond motifs is 4. The van der Waals surface area contributed by atoms with Gasteiger partial charge in [0.15, 0.2) is 0 Å². The number of nitrogens with zero attached hydrogens (tertiary/aromatic N) is 2. The summed E-state index contributed by atoms with van der Waals surface area (Å²) >= 11 is 0. The summed E-state index contributed by atoms with van der Waals surface area (Å²) in [6.07, 6.45) is 1.93. The van der Waals surface area contributed by atoms with Gasteiger partial charge in [0.05, 0.1) is 27.7 Å². The number of nitrogens with one attached hydrogen (secondary N) is 1. The van der Waals surface area contributed by atoms with E-state index in [1.165, 1.54) is 0 Å². The molecule has 2 heterocycles. The molecule has 6 aromatic rings. The SMILES string of the molecule is CC(C)(O)CNc1cc(-n2c3ccccc3c3c(-c4cnc5ccccc5c4)cccc32)ccc1C(N)=O. The molecule has 0 aliphatic heterocycles. The Morgan fingerprint density at radius 1 is 0.947 bits per heavy atom. The molecule has 1 amide bonds. The number of carbonyl (C=O) groups excluding carboxylic acids is 1. The molecule has 38 heavy (non-hydrogen) atoms. The van der Waals surface area contributed by atoms with Crippen LogP contribution in [-0.2, 0) is 0 Å². The highest BCUT2D eigenvalue weighted by molar-refractivity contribution is 6.16. The summed E-state index contributed by atoms with van der Waals surface area (Å²) in [4.78, 5) is 16.9. The minimum absolute atomic E-state index is 0.267. The second kappa shape index (κ2) is 9.01. The molecule has 6 rings (SSSR count). The van der Waals surface area contributed by atoms with Gasteiger partial charge in [-0.1, -0.05) is 48.5 Å². The molecule has 0 saturated carbocycles. The first-order valence-corrected chi connectivity index (χ1v) is 12.6. The van der Waals surface area contributed by atoms with E-state index in [1.807, 2.05) is 48.7 Å². The van der Waals surface area contributed by atoms with Crippen LogP contribution in [-0.4, -0.2) is 32.7 Å². The van der Waals surface area contributed by atoms with Crippen LogP contribution in [0.4, 0.5) is 5.69 Å². The lowest BCUT2D eigenvalue weighted by atomic mass is 9.99. The topological polar surface area (TPSA) is 93.2 Å². The first-order valence-electron chi connectivity index (χ1n) is 12.6. The van der Waals surface area contributed by atoms with Crippen LogP contribution in [0.1, 0.15) is 24.2 Å². The Kier molecular flexibility index (Phi) is 5.62. The lowest BCUT2D eigenvalue weighted by Gasteiger charge is -2.20. The number of aromatic nitrogens is 2. The maximum absolute atomic E-state index is 12.2. The van der Waals surface area contributed by atoms with Gasteiger partial charge in [-0.25, -0.2) is 0 Å². The number of hydrogen-bond acceptors (Lipinski definition) is 4. The van der Waals surface area contributed by atoms with E-state index in [0.717, 1.165) is 49.5 Å². The van der Waals surface area contributed by atoms with Crippen molar-refractivity contribution in [2.45, 2.75) is 19.4 Å². The predicted octanol–water partition coefficient (Wildman–Crippen LogP) is 6.28. The molecule has 0 bridgehead atoms. The molecule has 4 N–H and O–H groups in total. The highest BCUT2D eigenvalue weighted by atomic mass is 16.3. The Morgan fingerprint density at radius 3 is 2.53 bits per heavy atom. The quantitative estimate of drug-likeness (QED) is 0.251. The number of primary amides is 1. The van der Waals surface area contributed by atoms with Crippen LogP contribution in [0.3, 0.4) is 0 Å². The van der Waals surface area contributed by atoms with Crippen molar-refractivity contribution in [2.75, 3.05) is 11.9 Å². The normalized spacial score (nSPS) is 11.9. The van der Waals surface area contributed by atoms with Gasteiger partial charge in [-0.2, -0.15) is 0 Å². The number of nitrogens with two attached hydrogens (primary N) is 1. The fourth-order valence-electron chi connectivity index (χ4n) is 5.10. The summed E-state index contributed by atoms with van der Waals surface area (Å²) in [5.41, 5.74) is 11.8. The molecule has 0 radical (unpaired) electrons. The molecule has 6 heteroatoms. The van der Waals surface area contributed by atoms with Gasteiger partial charge in [0.1, 0.15) is 0 Å². The molecule has 4 aromatic carbocycles. The Bertz CT molecular complexity index is 1850. The second-order valence-corrected chi connectivity index (χ2v) is 10.2. The van der Waals surface area contributed by atoms with Crippen molar-refractivity contribution >= 4 is 44.3 Å². The van der Waals surface area contributed by atoms with Crippen LogP contribution in [0.5, 0.6) is 0 Å². The number of rotatable bonds is 6. The van der Waals surface area contributed by atoms with E-state index >= 15 is 0 Å². The molecule has 188 valence electrons. The van der Waals surface area contributed by atoms with Gasteiger partial charge in [-0.15, -0.1) is 0 Å². The van der Waals surface area contributed by atoms with Crippen LogP contribution in [0.2, 0.25) is 0 Å². The molecule has 0 aliphatic rings. The zero-order valence-corrected chi connectivity index (χ0v) is 21.3. The van der Waals surface area contributed by atoms with Crippen molar-refractivity contribution in [3.05, 3.63) is 103 Å². The van der Waals surface area contributed by atoms with E-state index in [4.69, 9.17) is 10.7 Å². The monoisotopic (exact) mass is 500 g/mol. The van der Waals surface area contributed by atoms with E-state index in [1.54, 1.807) is 19.9 Å². The molecular weight excluding hydrogens is 472 g/mol. The average molecular weight is 501 g/mol. The predicted molar refractivity (Wildman–Crippen MR) is 155 cm³/mol. The van der Waals surface area contributed by atoms with Crippen molar-refractivity contribution in [1.82, 2.24) is 9.55 Å². The number of hydrogen-bond donors (Lipinski definition) is 3. The molecule has 0 saturated heterocycles. The van der Waals surface area contributed by atoms with Gasteiger partial charge in [0.2, 0.25) is 0 Å². The van der Waals surface area contributed by atoms with E-state index in [9.17, 15) is 9.90 Å². The standard InChI is InChI=1S/C32H28N4O2/c1-32(2,38)19-35-27-17-22(14-15-24(27)31(33)37)36-28-12-6-4-9-25(28)30-23(10-7-13-29(30)36)21-16-20-8-3-5-11-26(20)34-18-21/h3-18,35,38H,19H2,1-2H3,(H2,33,37). The third-order valence-corrected chi connectivity index (χ3v) is 6.84. The molecule has 0 unspecified atom stereocenters. The Morgan fingerprint density at radius 2 is 1.71 bits per heavy atom. The number of pyridine rings is 1. The molecule has 0 fully saturated rings. The Labute approximate surface area is 220 Å². The van der Waals surface area contributed by atoms with Crippen molar-refractivity contribution in [2.24, 2.45) is 5.73 Å². The molecule has 0 atom stereocenters. The van der Waals surface area contributed by atoms with Crippen molar-refractivity contribution in [3.8, 4) is 16.8 Å². The van der Waals surface area contributed by atoms with E-state index < -0.39 is 11.5 Å². The summed E-state index contributed by atoms with van der Waals surface area (Å²) in [5, 5.41) is 16.8. The number of anilines is 1. The van der Waals surface area contributed by atoms with Gasteiger partial charge in [0, 0.05) is 45.8 Å². The van der Waals surface area contributed by atoms with Gasteiger partial charge < -0.3 is 20.7 Å². The number of para-hydroxylation sites is 2. The van der Waals surface area contributed by atoms with Gasteiger partial charge in [-0.3, -0.25) is 9.78 Å². The lowest BCUT2D eigenvalue weighted by molar-refractivity contribution is 0.0940. The van der Waals surface area contributed by atoms with Gasteiger partial charge >= 0.3 is 0 Å². The zero-order chi connectivity index (χ0) is 26.4. The first kappa shape index (κ1) is 23.7. The van der Waals surface area contributed by atoms with Crippen molar-refractivity contribution in [3.63, 3.8) is 0 Å². The number of amides is 1. The Balaban J connectivity index is 1.59. The largest absolute Gasteiger partial charge is 0.389 e. The smallest absolute Gasteiger partial charge is 0.250 e. The van der Waals surface area contributed by atoms with E-state index in [2.05, 4.69) is 52.3 Å². The van der Waals surface area contributed by atoms with Gasteiger partial charge in [-0.05, 0) is 61.9 Å². The number of aliphatic hydroxyl groups is 1. The minimum Gasteiger partial charge on any atom is -0.389 e. The molecular formula is C32H28N4O2. The number of benzene rings is 4. The third-order valence-electron chi connectivity index (χ3n) is 6.84. The summed E-state index contributed by atoms with van der Waals surface area (Å²) in [5.74, 6) is -0.525. The highest BCUT2D eigenvalue weighted by Crippen LogP contribution is 2.39. The summed E-state index contributed by atoms with van der Waals surface area (Å²) in [6, 6.07) is 30.5. The Hall–Kier alpha value is -4.68. The fraction of sp³-hybridized carbons (Fsp3) is 0.125. The molecule has 0 aliphatic carbocycles. The van der Waals surface area contributed by atoms with E-state index in [-0.39, 0.29) is 6.54 Å². The van der Waals surface area contributed by atoms with Crippen LogP contribution in [0.25, 0.3) is 49.5 Å². The fourth-order valence-corrected chi connectivity index (χ4v) is 5.10. The maximum atomic E-state index is 12.2. The summed E-state index contributed by atoms with van der Waals surface area (Å²) in [6.45, 7) is 3.69. The average Bonchev–Trinajstić information content (AvgIpc) is 3.25. The first-order chi connectivity index (χ1) is 18.3. The highest BCUT2D eigenvalue weighted by Gasteiger charge is 2.19. The molecule has 2 aromatic heterocycles. The van der Waals surface area contributed by atoms with Crippen LogP contribution in [0, 0.1) is 0 Å². The maximum Gasteiger partial charge on any atom is 0.250 e. The van der Waals surface area contributed by atoms with Crippen LogP contribution in [0.15, 0.2) is 97.2 Å². The number of carbonyl (C=O) groups is 1. The van der Waals surface area contributed by atoms with E-state index in [0.29, 0.717) is 11.3 Å². The van der Waals surface area contributed by atoms with Crippen molar-refractivity contribution in [1.29, 1.82) is 0 Å². The third kappa shape index (κ3) is 4.15. The lowest BCUT2D eigenvalue weighted by Crippen LogP contribution is -2.30. The summed E-state index contributed by atoms with van der Waals surface area (Å²) < 4.78 is 2.20. The minimum atomic E-state index is -0.958.